The number of thioether (sulfide) groups is 1. The third-order valence-electron chi connectivity index (χ3n) is 3.53. The molecular formula is C18H16N2O3S. The van der Waals surface area contributed by atoms with Crippen molar-refractivity contribution >= 4 is 34.6 Å². The molecule has 0 radical (unpaired) electrons. The molecule has 1 aliphatic rings. The molecule has 5 nitrogen and oxygen atoms in total. The van der Waals surface area contributed by atoms with Gasteiger partial charge in [-0.05, 0) is 42.5 Å². The standard InChI is InChI=1S/C18H16N2O3S/c1-11-6-3-4-8-13(11)19-18-20-17(22)15(24-18)10-12-7-5-9-14(23-2)16(12)21/h3-10,21H,1-2H3,(H,19,20,22)/b15-10-. The van der Waals surface area contributed by atoms with E-state index in [9.17, 15) is 9.90 Å². The van der Waals surface area contributed by atoms with E-state index in [-0.39, 0.29) is 11.7 Å². The highest BCUT2D eigenvalue weighted by atomic mass is 32.2. The number of carbonyl (C=O) groups is 1. The van der Waals surface area contributed by atoms with E-state index in [0.29, 0.717) is 21.4 Å². The van der Waals surface area contributed by atoms with Crippen LogP contribution in [0.15, 0.2) is 52.4 Å². The smallest absolute Gasteiger partial charge is 0.264 e. The molecule has 0 bridgehead atoms. The average molecular weight is 340 g/mol. The Morgan fingerprint density at radius 3 is 2.75 bits per heavy atom. The second-order valence-electron chi connectivity index (χ2n) is 5.17. The number of hydrogen-bond acceptors (Lipinski definition) is 5. The quantitative estimate of drug-likeness (QED) is 0.838. The Balaban J connectivity index is 1.89. The number of rotatable bonds is 3. The van der Waals surface area contributed by atoms with Gasteiger partial charge in [0, 0.05) is 5.56 Å². The maximum atomic E-state index is 12.1. The van der Waals surface area contributed by atoms with Gasteiger partial charge in [0.2, 0.25) is 0 Å². The van der Waals surface area contributed by atoms with Crippen molar-refractivity contribution in [2.45, 2.75) is 6.92 Å². The predicted molar refractivity (Wildman–Crippen MR) is 96.6 cm³/mol. The lowest BCUT2D eigenvalue weighted by Crippen LogP contribution is -2.19. The fourth-order valence-corrected chi connectivity index (χ4v) is 3.07. The van der Waals surface area contributed by atoms with Crippen LogP contribution >= 0.6 is 11.8 Å². The summed E-state index contributed by atoms with van der Waals surface area (Å²) in [4.78, 5) is 17.1. The number of benzene rings is 2. The number of nitrogens with one attached hydrogen (secondary N) is 1. The monoisotopic (exact) mass is 340 g/mol. The molecule has 0 aromatic heterocycles. The lowest BCUT2D eigenvalue weighted by molar-refractivity contribution is -0.115. The number of para-hydroxylation sites is 2. The number of methoxy groups -OCH3 is 1. The summed E-state index contributed by atoms with van der Waals surface area (Å²) in [5.74, 6) is 0.126. The number of aliphatic imine (C=N–C) groups is 1. The molecule has 1 aliphatic heterocycles. The van der Waals surface area contributed by atoms with E-state index in [4.69, 9.17) is 4.74 Å². The number of hydrogen-bond donors (Lipinski definition) is 2. The van der Waals surface area contributed by atoms with Crippen LogP contribution in [-0.4, -0.2) is 23.3 Å². The highest BCUT2D eigenvalue weighted by molar-refractivity contribution is 8.18. The lowest BCUT2D eigenvalue weighted by Gasteiger charge is -2.05. The van der Waals surface area contributed by atoms with Gasteiger partial charge in [0.25, 0.3) is 5.91 Å². The van der Waals surface area contributed by atoms with Gasteiger partial charge in [0.15, 0.2) is 16.7 Å². The molecule has 1 saturated heterocycles. The molecule has 3 rings (SSSR count). The summed E-state index contributed by atoms with van der Waals surface area (Å²) in [7, 11) is 1.48. The fourth-order valence-electron chi connectivity index (χ4n) is 2.24. The van der Waals surface area contributed by atoms with Crippen LogP contribution in [0.4, 0.5) is 5.69 Å². The van der Waals surface area contributed by atoms with E-state index in [1.54, 1.807) is 24.3 Å². The Bertz CT molecular complexity index is 859. The van der Waals surface area contributed by atoms with Gasteiger partial charge in [-0.25, -0.2) is 4.99 Å². The number of aryl methyl sites for hydroxylation is 1. The third kappa shape index (κ3) is 3.28. The number of amides is 1. The predicted octanol–water partition coefficient (Wildman–Crippen LogP) is 3.60. The van der Waals surface area contributed by atoms with E-state index in [1.807, 2.05) is 31.2 Å². The Hall–Kier alpha value is -2.73. The van der Waals surface area contributed by atoms with Crippen molar-refractivity contribution in [1.29, 1.82) is 0 Å². The van der Waals surface area contributed by atoms with Crippen LogP contribution in [0.2, 0.25) is 0 Å². The summed E-state index contributed by atoms with van der Waals surface area (Å²) in [6, 6.07) is 12.8. The van der Waals surface area contributed by atoms with Crippen LogP contribution in [-0.2, 0) is 4.79 Å². The summed E-state index contributed by atoms with van der Waals surface area (Å²) >= 11 is 1.24. The zero-order valence-corrected chi connectivity index (χ0v) is 14.1. The van der Waals surface area contributed by atoms with Gasteiger partial charge < -0.3 is 15.2 Å². The maximum Gasteiger partial charge on any atom is 0.264 e. The summed E-state index contributed by atoms with van der Waals surface area (Å²) in [5, 5.41) is 13.4. The normalized spacial score (nSPS) is 17.3. The molecule has 2 aromatic carbocycles. The first-order valence-electron chi connectivity index (χ1n) is 7.29. The largest absolute Gasteiger partial charge is 0.504 e. The van der Waals surface area contributed by atoms with E-state index in [2.05, 4.69) is 10.3 Å². The van der Waals surface area contributed by atoms with Gasteiger partial charge in [-0.3, -0.25) is 4.79 Å². The third-order valence-corrected chi connectivity index (χ3v) is 4.43. The van der Waals surface area contributed by atoms with Crippen molar-refractivity contribution in [2.75, 3.05) is 7.11 Å². The molecule has 0 unspecified atom stereocenters. The highest BCUT2D eigenvalue weighted by Crippen LogP contribution is 2.34. The molecule has 0 spiro atoms. The Labute approximate surface area is 144 Å². The van der Waals surface area contributed by atoms with Crippen molar-refractivity contribution in [3.63, 3.8) is 0 Å². The number of carbonyl (C=O) groups excluding carboxylic acids is 1. The number of ether oxygens (including phenoxy) is 1. The highest BCUT2D eigenvalue weighted by Gasteiger charge is 2.24. The molecule has 2 aromatic rings. The molecule has 0 aliphatic carbocycles. The molecule has 1 heterocycles. The Kier molecular flexibility index (Phi) is 4.57. The van der Waals surface area contributed by atoms with Gasteiger partial charge in [0.1, 0.15) is 0 Å². The van der Waals surface area contributed by atoms with Crippen molar-refractivity contribution in [3.05, 3.63) is 58.5 Å². The van der Waals surface area contributed by atoms with E-state index in [1.165, 1.54) is 18.9 Å². The van der Waals surface area contributed by atoms with E-state index in [0.717, 1.165) is 11.3 Å². The average Bonchev–Trinajstić information content (AvgIpc) is 2.91. The maximum absolute atomic E-state index is 12.1. The minimum atomic E-state index is -0.241. The molecule has 24 heavy (non-hydrogen) atoms. The zero-order chi connectivity index (χ0) is 17.1. The lowest BCUT2D eigenvalue weighted by atomic mass is 10.1. The van der Waals surface area contributed by atoms with Crippen LogP contribution in [0.3, 0.4) is 0 Å². The number of nitrogens with zero attached hydrogens (tertiary/aromatic N) is 1. The first-order valence-corrected chi connectivity index (χ1v) is 8.11. The van der Waals surface area contributed by atoms with Gasteiger partial charge in [-0.15, -0.1) is 0 Å². The molecular weight excluding hydrogens is 324 g/mol. The topological polar surface area (TPSA) is 70.9 Å². The summed E-state index contributed by atoms with van der Waals surface area (Å²) in [6.45, 7) is 1.96. The number of phenolic OH excluding ortho intramolecular Hbond substituents is 1. The van der Waals surface area contributed by atoms with Crippen molar-refractivity contribution in [3.8, 4) is 11.5 Å². The molecule has 1 fully saturated rings. The van der Waals surface area contributed by atoms with Gasteiger partial charge in [-0.1, -0.05) is 30.3 Å². The first kappa shape index (κ1) is 16.1. The molecule has 0 atom stereocenters. The second kappa shape index (κ2) is 6.80. The van der Waals surface area contributed by atoms with Crippen molar-refractivity contribution < 1.29 is 14.6 Å². The molecule has 1 amide bonds. The van der Waals surface area contributed by atoms with Crippen LogP contribution in [0.25, 0.3) is 6.08 Å². The van der Waals surface area contributed by atoms with Crippen molar-refractivity contribution in [1.82, 2.24) is 5.32 Å². The molecule has 0 saturated carbocycles. The number of phenols is 1. The fraction of sp³-hybridized carbons (Fsp3) is 0.111. The number of aromatic hydroxyl groups is 1. The summed E-state index contributed by atoms with van der Waals surface area (Å²) in [5.41, 5.74) is 2.36. The summed E-state index contributed by atoms with van der Waals surface area (Å²) < 4.78 is 5.08. The Morgan fingerprint density at radius 1 is 1.21 bits per heavy atom. The van der Waals surface area contributed by atoms with Gasteiger partial charge in [-0.2, -0.15) is 0 Å². The van der Waals surface area contributed by atoms with Crippen molar-refractivity contribution in [2.24, 2.45) is 4.99 Å². The minimum Gasteiger partial charge on any atom is -0.504 e. The minimum absolute atomic E-state index is 0.00481. The summed E-state index contributed by atoms with van der Waals surface area (Å²) in [6.07, 6.45) is 1.62. The van der Waals surface area contributed by atoms with Crippen LogP contribution < -0.4 is 10.1 Å². The van der Waals surface area contributed by atoms with Crippen LogP contribution in [0.1, 0.15) is 11.1 Å². The molecule has 122 valence electrons. The van der Waals surface area contributed by atoms with Crippen LogP contribution in [0, 0.1) is 6.92 Å². The van der Waals surface area contributed by atoms with E-state index >= 15 is 0 Å². The number of amidine groups is 1. The van der Waals surface area contributed by atoms with E-state index < -0.39 is 0 Å². The second-order valence-corrected chi connectivity index (χ2v) is 6.20. The van der Waals surface area contributed by atoms with Gasteiger partial charge in [0.05, 0.1) is 17.7 Å². The molecule has 2 N–H and O–H groups in total. The van der Waals surface area contributed by atoms with Gasteiger partial charge >= 0.3 is 0 Å². The SMILES string of the molecule is COc1cccc(/C=C2\SC(=Nc3ccccc3C)NC2=O)c1O. The molecule has 6 heteroatoms. The first-order chi connectivity index (χ1) is 11.6. The Morgan fingerprint density at radius 2 is 2.00 bits per heavy atom. The van der Waals surface area contributed by atoms with Crippen LogP contribution in [0.5, 0.6) is 11.5 Å². The zero-order valence-electron chi connectivity index (χ0n) is 13.2.